The van der Waals surface area contributed by atoms with Gasteiger partial charge in [0, 0.05) is 25.0 Å². The molecular formula is C10H15N3O2S. The molecule has 1 aliphatic heterocycles. The maximum atomic E-state index is 11.9. The van der Waals surface area contributed by atoms with E-state index in [-0.39, 0.29) is 10.9 Å². The summed E-state index contributed by atoms with van der Waals surface area (Å²) < 4.78 is 26.5. The molecule has 2 rings (SSSR count). The zero-order valence-electron chi connectivity index (χ0n) is 8.89. The van der Waals surface area contributed by atoms with Crippen LogP contribution in [0.4, 0.5) is 0 Å². The molecule has 2 heterocycles. The van der Waals surface area contributed by atoms with Gasteiger partial charge in [-0.15, -0.1) is 0 Å². The van der Waals surface area contributed by atoms with Crippen LogP contribution in [-0.4, -0.2) is 32.5 Å². The zero-order valence-corrected chi connectivity index (χ0v) is 9.70. The quantitative estimate of drug-likeness (QED) is 0.788. The highest BCUT2D eigenvalue weighted by Crippen LogP contribution is 2.09. The number of hydrogen-bond donors (Lipinski definition) is 2. The number of pyridine rings is 1. The first-order valence-electron chi connectivity index (χ1n) is 5.31. The van der Waals surface area contributed by atoms with Crippen LogP contribution < -0.4 is 10.0 Å². The topological polar surface area (TPSA) is 71.1 Å². The Balaban J connectivity index is 2.08. The zero-order chi connectivity index (χ0) is 11.4. The van der Waals surface area contributed by atoms with Crippen LogP contribution in [0.1, 0.15) is 12.8 Å². The van der Waals surface area contributed by atoms with Gasteiger partial charge in [0.1, 0.15) is 4.90 Å². The van der Waals surface area contributed by atoms with Crippen LogP contribution in [0.3, 0.4) is 0 Å². The van der Waals surface area contributed by atoms with Crippen LogP contribution in [0.15, 0.2) is 29.4 Å². The summed E-state index contributed by atoms with van der Waals surface area (Å²) >= 11 is 0. The highest BCUT2D eigenvalue weighted by molar-refractivity contribution is 7.89. The van der Waals surface area contributed by atoms with Crippen LogP contribution in [0.2, 0.25) is 0 Å². The van der Waals surface area contributed by atoms with Crippen molar-refractivity contribution < 1.29 is 8.42 Å². The van der Waals surface area contributed by atoms with Gasteiger partial charge in [-0.1, -0.05) is 0 Å². The monoisotopic (exact) mass is 241 g/mol. The molecule has 0 radical (unpaired) electrons. The molecule has 0 spiro atoms. The third kappa shape index (κ3) is 2.78. The van der Waals surface area contributed by atoms with Gasteiger partial charge in [-0.05, 0) is 31.5 Å². The molecule has 1 atom stereocenters. The normalized spacial score (nSPS) is 21.9. The molecule has 0 saturated carbocycles. The largest absolute Gasteiger partial charge is 0.315 e. The smallest absolute Gasteiger partial charge is 0.242 e. The lowest BCUT2D eigenvalue weighted by molar-refractivity contribution is 0.428. The molecule has 0 aromatic carbocycles. The molecule has 0 aliphatic carbocycles. The number of hydrogen-bond acceptors (Lipinski definition) is 4. The lowest BCUT2D eigenvalue weighted by Crippen LogP contribution is -2.45. The first-order chi connectivity index (χ1) is 7.68. The Labute approximate surface area is 95.3 Å². The number of nitrogens with one attached hydrogen (secondary N) is 2. The van der Waals surface area contributed by atoms with E-state index in [2.05, 4.69) is 15.0 Å². The number of piperidine rings is 1. The van der Waals surface area contributed by atoms with Gasteiger partial charge >= 0.3 is 0 Å². The summed E-state index contributed by atoms with van der Waals surface area (Å²) in [5.74, 6) is 0. The van der Waals surface area contributed by atoms with Crippen molar-refractivity contribution in [3.63, 3.8) is 0 Å². The summed E-state index contributed by atoms with van der Waals surface area (Å²) in [6, 6.07) is 3.15. The Morgan fingerprint density at radius 1 is 1.50 bits per heavy atom. The van der Waals surface area contributed by atoms with E-state index < -0.39 is 10.0 Å². The van der Waals surface area contributed by atoms with Crippen molar-refractivity contribution in [3.8, 4) is 0 Å². The Kier molecular flexibility index (Phi) is 3.52. The second-order valence-corrected chi connectivity index (χ2v) is 5.57. The highest BCUT2D eigenvalue weighted by Gasteiger charge is 2.21. The van der Waals surface area contributed by atoms with E-state index in [9.17, 15) is 8.42 Å². The van der Waals surface area contributed by atoms with E-state index in [1.54, 1.807) is 18.3 Å². The fraction of sp³-hybridized carbons (Fsp3) is 0.500. The van der Waals surface area contributed by atoms with Gasteiger partial charge < -0.3 is 5.32 Å². The van der Waals surface area contributed by atoms with Gasteiger partial charge in [-0.25, -0.2) is 13.1 Å². The second kappa shape index (κ2) is 4.90. The molecule has 16 heavy (non-hydrogen) atoms. The maximum Gasteiger partial charge on any atom is 0.242 e. The van der Waals surface area contributed by atoms with E-state index in [0.29, 0.717) is 6.54 Å². The fourth-order valence-corrected chi connectivity index (χ4v) is 2.98. The van der Waals surface area contributed by atoms with Crippen LogP contribution in [-0.2, 0) is 10.0 Å². The molecule has 0 bridgehead atoms. The molecule has 0 amide bonds. The summed E-state index contributed by atoms with van der Waals surface area (Å²) in [5.41, 5.74) is 0. The van der Waals surface area contributed by atoms with E-state index in [0.717, 1.165) is 19.4 Å². The van der Waals surface area contributed by atoms with Crippen molar-refractivity contribution in [2.24, 2.45) is 0 Å². The SMILES string of the molecule is O=S(=O)(N[C@@H]1CCCNC1)c1cccnc1. The minimum atomic E-state index is -3.41. The molecule has 88 valence electrons. The fourth-order valence-electron chi connectivity index (χ4n) is 1.75. The Morgan fingerprint density at radius 3 is 3.00 bits per heavy atom. The molecule has 1 fully saturated rings. The molecule has 1 aromatic rings. The van der Waals surface area contributed by atoms with Gasteiger partial charge in [0.05, 0.1) is 0 Å². The number of rotatable bonds is 3. The van der Waals surface area contributed by atoms with Gasteiger partial charge in [-0.2, -0.15) is 0 Å². The van der Waals surface area contributed by atoms with Crippen LogP contribution in [0, 0.1) is 0 Å². The average molecular weight is 241 g/mol. The van der Waals surface area contributed by atoms with E-state index >= 15 is 0 Å². The van der Waals surface area contributed by atoms with E-state index in [1.807, 2.05) is 0 Å². The number of nitrogens with zero attached hydrogens (tertiary/aromatic N) is 1. The molecule has 1 saturated heterocycles. The number of sulfonamides is 1. The Morgan fingerprint density at radius 2 is 2.38 bits per heavy atom. The minimum absolute atomic E-state index is 0.0149. The first-order valence-corrected chi connectivity index (χ1v) is 6.80. The summed E-state index contributed by atoms with van der Waals surface area (Å²) in [4.78, 5) is 4.03. The van der Waals surface area contributed by atoms with Crippen LogP contribution in [0.25, 0.3) is 0 Å². The van der Waals surface area contributed by atoms with Crippen molar-refractivity contribution in [2.45, 2.75) is 23.8 Å². The minimum Gasteiger partial charge on any atom is -0.315 e. The average Bonchev–Trinajstić information content (AvgIpc) is 2.31. The molecule has 5 nitrogen and oxygen atoms in total. The van der Waals surface area contributed by atoms with Crippen LogP contribution >= 0.6 is 0 Å². The second-order valence-electron chi connectivity index (χ2n) is 3.85. The van der Waals surface area contributed by atoms with Gasteiger partial charge in [-0.3, -0.25) is 4.98 Å². The van der Waals surface area contributed by atoms with E-state index in [1.165, 1.54) is 6.20 Å². The highest BCUT2D eigenvalue weighted by atomic mass is 32.2. The summed E-state index contributed by atoms with van der Waals surface area (Å²) in [5, 5.41) is 3.17. The third-order valence-electron chi connectivity index (χ3n) is 2.56. The Hall–Kier alpha value is -0.980. The molecule has 1 aliphatic rings. The number of aromatic nitrogens is 1. The molecular weight excluding hydrogens is 226 g/mol. The molecule has 0 unspecified atom stereocenters. The van der Waals surface area contributed by atoms with Crippen molar-refractivity contribution in [2.75, 3.05) is 13.1 Å². The van der Waals surface area contributed by atoms with Gasteiger partial charge in [0.2, 0.25) is 10.0 Å². The van der Waals surface area contributed by atoms with Gasteiger partial charge in [0.25, 0.3) is 0 Å². The molecule has 1 aromatic heterocycles. The van der Waals surface area contributed by atoms with Crippen molar-refractivity contribution >= 4 is 10.0 Å². The standard InChI is InChI=1S/C10H15N3O2S/c14-16(15,10-4-2-6-12-8-10)13-9-3-1-5-11-7-9/h2,4,6,8-9,11,13H,1,3,5,7H2/t9-/m1/s1. The van der Waals surface area contributed by atoms with Crippen LogP contribution in [0.5, 0.6) is 0 Å². The lowest BCUT2D eigenvalue weighted by Gasteiger charge is -2.23. The predicted molar refractivity (Wildman–Crippen MR) is 60.5 cm³/mol. The summed E-state index contributed by atoms with van der Waals surface area (Å²) in [6.07, 6.45) is 4.80. The summed E-state index contributed by atoms with van der Waals surface area (Å²) in [6.45, 7) is 1.66. The first kappa shape index (κ1) is 11.5. The predicted octanol–water partition coefficient (Wildman–Crippen LogP) is 0.112. The van der Waals surface area contributed by atoms with E-state index in [4.69, 9.17) is 0 Å². The third-order valence-corrected chi connectivity index (χ3v) is 4.07. The summed E-state index contributed by atoms with van der Waals surface area (Å²) in [7, 11) is -3.41. The molecule has 2 N–H and O–H groups in total. The van der Waals surface area contributed by atoms with Crippen molar-refractivity contribution in [1.29, 1.82) is 0 Å². The Bertz CT molecular complexity index is 427. The van der Waals surface area contributed by atoms with Crippen molar-refractivity contribution in [3.05, 3.63) is 24.5 Å². The van der Waals surface area contributed by atoms with Crippen molar-refractivity contribution in [1.82, 2.24) is 15.0 Å². The lowest BCUT2D eigenvalue weighted by atomic mass is 10.1. The van der Waals surface area contributed by atoms with Gasteiger partial charge in [0.15, 0.2) is 0 Å². The maximum absolute atomic E-state index is 11.9. The molecule has 6 heteroatoms.